The highest BCUT2D eigenvalue weighted by Crippen LogP contribution is 2.27. The van der Waals surface area contributed by atoms with Gasteiger partial charge in [-0.15, -0.1) is 0 Å². The third-order valence-electron chi connectivity index (χ3n) is 9.26. The Hall–Kier alpha value is -5.19. The lowest BCUT2D eigenvalue weighted by atomic mass is 10.0. The Labute approximate surface area is 309 Å². The zero-order valence-corrected chi connectivity index (χ0v) is 30.4. The van der Waals surface area contributed by atoms with Gasteiger partial charge in [0, 0.05) is 31.2 Å². The van der Waals surface area contributed by atoms with Crippen molar-refractivity contribution >= 4 is 33.6 Å². The molecular formula is C43H49FN4O5. The number of rotatable bonds is 19. The summed E-state index contributed by atoms with van der Waals surface area (Å²) < 4.78 is 19.2. The lowest BCUT2D eigenvalue weighted by Gasteiger charge is -2.03. The van der Waals surface area contributed by atoms with E-state index in [1.54, 1.807) is 19.2 Å². The monoisotopic (exact) mass is 720 g/mol. The molecule has 0 atom stereocenters. The number of aliphatic hydroxyl groups excluding tert-OH is 2. The molecule has 10 heteroatoms. The molecule has 9 nitrogen and oxygen atoms in total. The van der Waals surface area contributed by atoms with Crippen LogP contribution in [0.3, 0.4) is 0 Å². The van der Waals surface area contributed by atoms with Crippen LogP contribution >= 0.6 is 0 Å². The highest BCUT2D eigenvalue weighted by molar-refractivity contribution is 5.83. The van der Waals surface area contributed by atoms with E-state index in [1.807, 2.05) is 36.4 Å². The maximum absolute atomic E-state index is 14.0. The third kappa shape index (κ3) is 11.7. The first kappa shape index (κ1) is 39.0. The molecule has 4 N–H and O–H groups in total. The van der Waals surface area contributed by atoms with Crippen molar-refractivity contribution in [2.24, 2.45) is 0 Å². The van der Waals surface area contributed by atoms with Crippen LogP contribution in [-0.2, 0) is 22.4 Å². The molecule has 4 aromatic carbocycles. The van der Waals surface area contributed by atoms with Crippen LogP contribution in [-0.4, -0.2) is 62.0 Å². The maximum Gasteiger partial charge on any atom is 0.158 e. The summed E-state index contributed by atoms with van der Waals surface area (Å²) in [7, 11) is 1.67. The summed E-state index contributed by atoms with van der Waals surface area (Å²) in [5.74, 6) is 2.39. The Morgan fingerprint density at radius 2 is 1.11 bits per heavy atom. The van der Waals surface area contributed by atoms with E-state index < -0.39 is 0 Å². The van der Waals surface area contributed by atoms with Crippen molar-refractivity contribution in [2.75, 3.05) is 20.3 Å². The summed E-state index contributed by atoms with van der Waals surface area (Å²) in [5.41, 5.74) is 7.54. The second-order valence-corrected chi connectivity index (χ2v) is 13.3. The summed E-state index contributed by atoms with van der Waals surface area (Å²) in [4.78, 5) is 38.1. The first-order valence-electron chi connectivity index (χ1n) is 18.5. The third-order valence-corrected chi connectivity index (χ3v) is 9.26. The Morgan fingerprint density at radius 3 is 1.64 bits per heavy atom. The predicted molar refractivity (Wildman–Crippen MR) is 207 cm³/mol. The number of benzene rings is 4. The molecule has 0 bridgehead atoms. The van der Waals surface area contributed by atoms with Gasteiger partial charge in [0.2, 0.25) is 0 Å². The highest BCUT2D eigenvalue weighted by atomic mass is 19.1. The number of Topliss-reactive ketones (excluding diaryl/α,β-unsaturated/α-hetero) is 2. The van der Waals surface area contributed by atoms with E-state index in [0.717, 1.165) is 120 Å². The minimum absolute atomic E-state index is 0.0695. The molecule has 2 aromatic heterocycles. The summed E-state index contributed by atoms with van der Waals surface area (Å²) in [6.07, 6.45) is 10.5. The Bertz CT molecular complexity index is 2070. The fourth-order valence-electron chi connectivity index (χ4n) is 6.28. The molecule has 2 heterocycles. The quantitative estimate of drug-likeness (QED) is 0.0614. The minimum atomic E-state index is -0.353. The number of nitrogens with one attached hydrogen (secondary N) is 2. The van der Waals surface area contributed by atoms with Crippen LogP contribution in [0, 0.1) is 5.82 Å². The number of hydrogen-bond acceptors (Lipinski definition) is 7. The molecule has 0 saturated carbocycles. The van der Waals surface area contributed by atoms with Gasteiger partial charge in [0.1, 0.15) is 36.4 Å². The number of ether oxygens (including phenoxy) is 1. The lowest BCUT2D eigenvalue weighted by molar-refractivity contribution is -0.122. The van der Waals surface area contributed by atoms with Crippen LogP contribution in [0.4, 0.5) is 4.39 Å². The van der Waals surface area contributed by atoms with Crippen molar-refractivity contribution in [1.29, 1.82) is 0 Å². The summed E-state index contributed by atoms with van der Waals surface area (Å²) in [6, 6.07) is 26.8. The van der Waals surface area contributed by atoms with Gasteiger partial charge in [-0.1, -0.05) is 68.1 Å². The topological polar surface area (TPSA) is 141 Å². The number of nitrogens with zero attached hydrogens (tertiary/aromatic N) is 2. The largest absolute Gasteiger partial charge is 0.497 e. The first-order chi connectivity index (χ1) is 25.9. The number of carbonyl (C=O) groups excluding carboxylic acids is 2. The highest BCUT2D eigenvalue weighted by Gasteiger charge is 2.09. The number of ketones is 2. The van der Waals surface area contributed by atoms with Crippen molar-refractivity contribution < 1.29 is 28.9 Å². The van der Waals surface area contributed by atoms with Crippen LogP contribution < -0.4 is 4.74 Å². The van der Waals surface area contributed by atoms with Crippen molar-refractivity contribution in [3.63, 3.8) is 0 Å². The van der Waals surface area contributed by atoms with Gasteiger partial charge >= 0.3 is 0 Å². The second kappa shape index (κ2) is 20.2. The molecule has 0 unspecified atom stereocenters. The van der Waals surface area contributed by atoms with Crippen molar-refractivity contribution in [1.82, 2.24) is 19.9 Å². The van der Waals surface area contributed by atoms with E-state index in [9.17, 15) is 14.0 Å². The minimum Gasteiger partial charge on any atom is -0.497 e. The van der Waals surface area contributed by atoms with Gasteiger partial charge in [-0.05, 0) is 84.8 Å². The van der Waals surface area contributed by atoms with Gasteiger partial charge < -0.3 is 24.9 Å². The van der Waals surface area contributed by atoms with Crippen molar-refractivity contribution in [2.45, 2.75) is 77.0 Å². The van der Waals surface area contributed by atoms with Crippen molar-refractivity contribution in [3.05, 3.63) is 102 Å². The molecule has 0 fully saturated rings. The molecule has 0 amide bonds. The van der Waals surface area contributed by atoms with E-state index in [4.69, 9.17) is 14.9 Å². The molecule has 0 aliphatic rings. The van der Waals surface area contributed by atoms with Gasteiger partial charge in [-0.3, -0.25) is 9.59 Å². The Morgan fingerprint density at radius 1 is 0.623 bits per heavy atom. The standard InChI is InChI=1S/C22H26N2O3.C21H23FN2O2/c1-27-19-11-8-16(9-12-19)17-10-13-20-21(14-17)24-22(23-20)7-5-3-2-4-6-18(26)15-25;22-18-9-6-5-8-17(18)15-11-12-19-20(13-15)24-21(23-19)10-4-2-1-3-7-16(26)14-25/h8-14,25H,2-7,15H2,1H3,(H,23,24);5-6,8-9,11-13,25H,1-4,7,10,14H2,(H,23,24). The number of fused-ring (bicyclic) bond motifs is 2. The van der Waals surface area contributed by atoms with E-state index >= 15 is 0 Å². The molecule has 0 aliphatic heterocycles. The van der Waals surface area contributed by atoms with E-state index in [2.05, 4.69) is 50.3 Å². The molecule has 0 aliphatic carbocycles. The smallest absolute Gasteiger partial charge is 0.158 e. The molecule has 0 radical (unpaired) electrons. The number of unbranched alkanes of at least 4 members (excludes halogenated alkanes) is 6. The number of aliphatic hydroxyl groups is 2. The molecule has 0 saturated heterocycles. The number of aromatic amines is 2. The average molecular weight is 721 g/mol. The number of carbonyl (C=O) groups is 2. The zero-order chi connectivity index (χ0) is 37.4. The van der Waals surface area contributed by atoms with E-state index in [1.165, 1.54) is 6.07 Å². The maximum atomic E-state index is 14.0. The van der Waals surface area contributed by atoms with Gasteiger partial charge in [-0.2, -0.15) is 0 Å². The SMILES string of the molecule is COc1ccc(-c2ccc3nc(CCCCCCC(=O)CO)[nH]c3c2)cc1.O=C(CO)CCCCCCc1nc2ccc(-c3ccccc3F)cc2[nH]1. The normalized spacial score (nSPS) is 11.1. The van der Waals surface area contributed by atoms with Gasteiger partial charge in [0.25, 0.3) is 0 Å². The molecule has 6 aromatic rings. The number of aryl methyl sites for hydroxylation is 2. The lowest BCUT2D eigenvalue weighted by Crippen LogP contribution is -2.02. The Kier molecular flexibility index (Phi) is 14.8. The fraction of sp³-hybridized carbons (Fsp3) is 0.349. The number of halogens is 1. The zero-order valence-electron chi connectivity index (χ0n) is 30.4. The van der Waals surface area contributed by atoms with Crippen LogP contribution in [0.25, 0.3) is 44.3 Å². The van der Waals surface area contributed by atoms with Crippen LogP contribution in [0.1, 0.15) is 75.9 Å². The Balaban J connectivity index is 0.000000204. The van der Waals surface area contributed by atoms with E-state index in [-0.39, 0.29) is 30.6 Å². The number of aromatic nitrogens is 4. The van der Waals surface area contributed by atoms with Crippen LogP contribution in [0.15, 0.2) is 84.9 Å². The van der Waals surface area contributed by atoms with Gasteiger partial charge in [0.05, 0.1) is 29.2 Å². The summed E-state index contributed by atoms with van der Waals surface area (Å²) in [6.45, 7) is -0.689. The van der Waals surface area contributed by atoms with E-state index in [0.29, 0.717) is 18.4 Å². The molecule has 278 valence electrons. The number of H-pyrrole nitrogens is 2. The number of imidazole rings is 2. The van der Waals surface area contributed by atoms with Gasteiger partial charge in [-0.25, -0.2) is 14.4 Å². The van der Waals surface area contributed by atoms with Crippen LogP contribution in [0.5, 0.6) is 5.75 Å². The average Bonchev–Trinajstić information content (AvgIpc) is 3.80. The van der Waals surface area contributed by atoms with Gasteiger partial charge in [0.15, 0.2) is 11.6 Å². The first-order valence-corrected chi connectivity index (χ1v) is 18.5. The van der Waals surface area contributed by atoms with Crippen LogP contribution in [0.2, 0.25) is 0 Å². The number of hydrogen-bond donors (Lipinski definition) is 4. The molecule has 6 rings (SSSR count). The predicted octanol–water partition coefficient (Wildman–Crippen LogP) is 8.72. The fourth-order valence-corrected chi connectivity index (χ4v) is 6.28. The number of methoxy groups -OCH3 is 1. The summed E-state index contributed by atoms with van der Waals surface area (Å²) in [5, 5.41) is 17.4. The molecule has 0 spiro atoms. The van der Waals surface area contributed by atoms with Crippen molar-refractivity contribution in [3.8, 4) is 28.0 Å². The molecular weight excluding hydrogens is 671 g/mol. The summed E-state index contributed by atoms with van der Waals surface area (Å²) >= 11 is 0. The molecule has 53 heavy (non-hydrogen) atoms. The second-order valence-electron chi connectivity index (χ2n) is 13.3.